The number of anilines is 1. The lowest BCUT2D eigenvalue weighted by atomic mass is 10.2. The molecule has 0 spiro atoms. The summed E-state index contributed by atoms with van der Waals surface area (Å²) in [7, 11) is 1.38. The van der Waals surface area contributed by atoms with Crippen molar-refractivity contribution < 1.29 is 28.6 Å². The fourth-order valence-electron chi connectivity index (χ4n) is 2.49. The second kappa shape index (κ2) is 8.65. The number of ether oxygens (including phenoxy) is 1. The second-order valence-corrected chi connectivity index (χ2v) is 7.26. The highest BCUT2D eigenvalue weighted by Crippen LogP contribution is 2.27. The van der Waals surface area contributed by atoms with Crippen molar-refractivity contribution >= 4 is 29.3 Å². The Morgan fingerprint density at radius 2 is 1.97 bits per heavy atom. The molecule has 0 aliphatic rings. The molecule has 0 saturated carbocycles. The molecule has 1 aromatic heterocycles. The van der Waals surface area contributed by atoms with Gasteiger partial charge in [0.05, 0.1) is 23.6 Å². The standard InChI is InChI=1S/C19H17N3O6S/c1-11(16(23)20-14-9-8-12(18(24)25)10-15(14)27-2)29-17-19(26)28-21-22(17)13-6-4-3-5-7-13/h3-11H,1-2H3,(H2-,20,21,23,24,25,26)/p+1. The quantitative estimate of drug-likeness (QED) is 0.398. The van der Waals surface area contributed by atoms with E-state index >= 15 is 0 Å². The van der Waals surface area contributed by atoms with Crippen molar-refractivity contribution in [2.24, 2.45) is 0 Å². The Morgan fingerprint density at radius 1 is 1.24 bits per heavy atom. The van der Waals surface area contributed by atoms with Crippen LogP contribution in [0.2, 0.25) is 0 Å². The average Bonchev–Trinajstić information content (AvgIpc) is 3.08. The summed E-state index contributed by atoms with van der Waals surface area (Å²) in [5.41, 5.74) is 0.448. The highest BCUT2D eigenvalue weighted by Gasteiger charge is 2.29. The molecule has 1 amide bonds. The van der Waals surface area contributed by atoms with Gasteiger partial charge in [-0.1, -0.05) is 18.2 Å². The molecule has 0 saturated heterocycles. The van der Waals surface area contributed by atoms with Crippen molar-refractivity contribution in [3.63, 3.8) is 0 Å². The molecule has 1 atom stereocenters. The summed E-state index contributed by atoms with van der Waals surface area (Å²) in [6.07, 6.45) is 0. The Hall–Kier alpha value is -3.53. The smallest absolute Gasteiger partial charge is 0.442 e. The van der Waals surface area contributed by atoms with Crippen molar-refractivity contribution in [2.75, 3.05) is 12.4 Å². The zero-order chi connectivity index (χ0) is 21.0. The van der Waals surface area contributed by atoms with Crippen LogP contribution in [0, 0.1) is 0 Å². The number of benzene rings is 2. The third-order valence-corrected chi connectivity index (χ3v) is 5.13. The predicted molar refractivity (Wildman–Crippen MR) is 105 cm³/mol. The number of aromatic carboxylic acids is 1. The van der Waals surface area contributed by atoms with Gasteiger partial charge >= 0.3 is 16.6 Å². The fourth-order valence-corrected chi connectivity index (χ4v) is 3.38. The zero-order valence-corrected chi connectivity index (χ0v) is 16.4. The lowest BCUT2D eigenvalue weighted by Gasteiger charge is -2.13. The van der Waals surface area contributed by atoms with Gasteiger partial charge in [-0.15, -0.1) is 0 Å². The van der Waals surface area contributed by atoms with E-state index in [9.17, 15) is 14.4 Å². The number of carboxylic acids is 1. The monoisotopic (exact) mass is 416 g/mol. The largest absolute Gasteiger partial charge is 0.495 e. The maximum absolute atomic E-state index is 12.6. The van der Waals surface area contributed by atoms with E-state index in [1.54, 1.807) is 19.1 Å². The number of methoxy groups -OCH3 is 1. The molecule has 9 nitrogen and oxygen atoms in total. The van der Waals surface area contributed by atoms with Gasteiger partial charge in [0, 0.05) is 12.1 Å². The number of rotatable bonds is 7. The van der Waals surface area contributed by atoms with Crippen LogP contribution in [0.4, 0.5) is 5.69 Å². The van der Waals surface area contributed by atoms with Gasteiger partial charge in [-0.05, 0) is 46.8 Å². The molecule has 3 N–H and O–H groups in total. The van der Waals surface area contributed by atoms with Gasteiger partial charge in [-0.2, -0.15) is 0 Å². The third kappa shape index (κ3) is 4.49. The Balaban J connectivity index is 1.78. The van der Waals surface area contributed by atoms with E-state index in [1.807, 2.05) is 18.2 Å². The number of aromatic amines is 1. The zero-order valence-electron chi connectivity index (χ0n) is 15.5. The van der Waals surface area contributed by atoms with Crippen LogP contribution in [0.25, 0.3) is 5.69 Å². The minimum atomic E-state index is -1.10. The van der Waals surface area contributed by atoms with Crippen molar-refractivity contribution in [3.05, 3.63) is 64.5 Å². The van der Waals surface area contributed by atoms with Crippen LogP contribution < -0.4 is 20.4 Å². The van der Waals surface area contributed by atoms with Crippen molar-refractivity contribution in [1.82, 2.24) is 5.27 Å². The van der Waals surface area contributed by atoms with Gasteiger partial charge < -0.3 is 15.2 Å². The second-order valence-electron chi connectivity index (χ2n) is 5.93. The summed E-state index contributed by atoms with van der Waals surface area (Å²) in [5, 5.41) is 13.8. The molecule has 0 radical (unpaired) electrons. The number of H-pyrrole nitrogens is 1. The highest BCUT2D eigenvalue weighted by molar-refractivity contribution is 8.00. The summed E-state index contributed by atoms with van der Waals surface area (Å²) in [6.45, 7) is 1.64. The number of carboxylic acid groups (broad SMARTS) is 1. The molecule has 0 aliphatic heterocycles. The van der Waals surface area contributed by atoms with Gasteiger partial charge in [0.15, 0.2) is 0 Å². The molecule has 0 bridgehead atoms. The SMILES string of the molecule is COc1cc(C(=O)O)ccc1NC(=O)C(C)Sc1c(=O)o[nH][n+]1-c1ccccc1. The number of aromatic nitrogens is 2. The number of nitrogens with zero attached hydrogens (tertiary/aromatic N) is 1. The highest BCUT2D eigenvalue weighted by atomic mass is 32.2. The van der Waals surface area contributed by atoms with Gasteiger partial charge in [0.1, 0.15) is 5.75 Å². The van der Waals surface area contributed by atoms with Crippen LogP contribution in [0.15, 0.2) is 62.9 Å². The molecule has 1 unspecified atom stereocenters. The Labute approximate surface area is 169 Å². The first-order valence-electron chi connectivity index (χ1n) is 8.48. The maximum atomic E-state index is 12.6. The number of hydrogen-bond acceptors (Lipinski definition) is 6. The molecule has 2 aromatic carbocycles. The van der Waals surface area contributed by atoms with Crippen LogP contribution in [0.5, 0.6) is 5.75 Å². The third-order valence-electron chi connectivity index (χ3n) is 3.99. The summed E-state index contributed by atoms with van der Waals surface area (Å²) in [5.74, 6) is -1.28. The van der Waals surface area contributed by atoms with Gasteiger partial charge in [-0.25, -0.2) is 9.59 Å². The number of carbonyl (C=O) groups is 2. The van der Waals surface area contributed by atoms with Gasteiger partial charge in [0.2, 0.25) is 11.6 Å². The molecule has 10 heteroatoms. The molecular weight excluding hydrogens is 398 g/mol. The molecule has 29 heavy (non-hydrogen) atoms. The van der Waals surface area contributed by atoms with E-state index in [2.05, 4.69) is 10.6 Å². The molecule has 3 rings (SSSR count). The van der Waals surface area contributed by atoms with E-state index in [0.29, 0.717) is 11.4 Å². The number of hydrogen-bond donors (Lipinski definition) is 3. The summed E-state index contributed by atoms with van der Waals surface area (Å²) in [4.78, 5) is 35.8. The molecule has 0 aliphatic carbocycles. The van der Waals surface area contributed by atoms with E-state index in [-0.39, 0.29) is 16.3 Å². The van der Waals surface area contributed by atoms with E-state index in [1.165, 1.54) is 30.0 Å². The van der Waals surface area contributed by atoms with Crippen LogP contribution in [-0.2, 0) is 4.79 Å². The molecule has 1 heterocycles. The van der Waals surface area contributed by atoms with Crippen LogP contribution in [0.1, 0.15) is 17.3 Å². The summed E-state index contributed by atoms with van der Waals surface area (Å²) >= 11 is 1.03. The molecule has 0 fully saturated rings. The maximum Gasteiger partial charge on any atom is 0.442 e. The van der Waals surface area contributed by atoms with Crippen LogP contribution in [-0.4, -0.2) is 34.6 Å². The van der Waals surface area contributed by atoms with E-state index < -0.39 is 22.8 Å². The van der Waals surface area contributed by atoms with Crippen LogP contribution >= 0.6 is 11.8 Å². The van der Waals surface area contributed by atoms with Crippen LogP contribution in [0.3, 0.4) is 0 Å². The minimum absolute atomic E-state index is 0.0381. The first kappa shape index (κ1) is 20.2. The predicted octanol–water partition coefficient (Wildman–Crippen LogP) is 2.07. The minimum Gasteiger partial charge on any atom is -0.495 e. The molecule has 150 valence electrons. The lowest BCUT2D eigenvalue weighted by Crippen LogP contribution is -2.37. The first-order valence-corrected chi connectivity index (χ1v) is 9.36. The number of para-hydroxylation sites is 1. The topological polar surface area (TPSA) is 126 Å². The van der Waals surface area contributed by atoms with Gasteiger partial charge in [0.25, 0.3) is 0 Å². The number of thioether (sulfide) groups is 1. The van der Waals surface area contributed by atoms with E-state index in [0.717, 1.165) is 11.8 Å². The first-order chi connectivity index (χ1) is 13.9. The summed E-state index contributed by atoms with van der Waals surface area (Å²) in [6, 6.07) is 13.2. The molecular formula is C19H18N3O6S+. The Bertz CT molecular complexity index is 1090. The van der Waals surface area contributed by atoms with Crippen molar-refractivity contribution in [2.45, 2.75) is 17.2 Å². The van der Waals surface area contributed by atoms with E-state index in [4.69, 9.17) is 14.4 Å². The number of carbonyl (C=O) groups excluding carboxylic acids is 1. The summed E-state index contributed by atoms with van der Waals surface area (Å²) < 4.78 is 11.5. The fraction of sp³-hybridized carbons (Fsp3) is 0.158. The number of nitrogens with one attached hydrogen (secondary N) is 2. The van der Waals surface area contributed by atoms with Crippen molar-refractivity contribution in [3.8, 4) is 11.4 Å². The molecule has 3 aromatic rings. The van der Waals surface area contributed by atoms with Gasteiger partial charge in [-0.3, -0.25) is 9.32 Å². The number of amides is 1. The normalized spacial score (nSPS) is 11.7. The average molecular weight is 416 g/mol. The lowest BCUT2D eigenvalue weighted by molar-refractivity contribution is -0.704. The Kier molecular flexibility index (Phi) is 6.03. The van der Waals surface area contributed by atoms with Crippen molar-refractivity contribution in [1.29, 1.82) is 0 Å². The Morgan fingerprint density at radius 3 is 2.62 bits per heavy atom.